The zero-order valence-electron chi connectivity index (χ0n) is 9.61. The van der Waals surface area contributed by atoms with Gasteiger partial charge in [-0.05, 0) is 38.7 Å². The Balaban J connectivity index is 1.67. The lowest BCUT2D eigenvalue weighted by atomic mass is 10.0. The Kier molecular flexibility index (Phi) is 2.52. The molecular weight excluding hydrogens is 200 g/mol. The van der Waals surface area contributed by atoms with Gasteiger partial charge in [-0.2, -0.15) is 0 Å². The Labute approximate surface area is 95.9 Å². The maximum absolute atomic E-state index is 4.40. The van der Waals surface area contributed by atoms with E-state index in [-0.39, 0.29) is 0 Å². The third-order valence-corrected chi connectivity index (χ3v) is 3.60. The second-order valence-electron chi connectivity index (χ2n) is 4.97. The average molecular weight is 218 g/mol. The molecule has 3 rings (SSSR count). The first-order valence-corrected chi connectivity index (χ1v) is 6.12. The van der Waals surface area contributed by atoms with Crippen LogP contribution in [0.2, 0.25) is 0 Å². The van der Waals surface area contributed by atoms with Crippen LogP contribution in [0.4, 0.5) is 5.95 Å². The summed E-state index contributed by atoms with van der Waals surface area (Å²) in [7, 11) is 0. The molecule has 2 bridgehead atoms. The lowest BCUT2D eigenvalue weighted by Crippen LogP contribution is -2.43. The number of hydrogen-bond acceptors (Lipinski definition) is 4. The Hall–Kier alpha value is -1.16. The van der Waals surface area contributed by atoms with Crippen molar-refractivity contribution in [3.05, 3.63) is 18.0 Å². The second kappa shape index (κ2) is 4.01. The molecule has 86 valence electrons. The molecule has 2 fully saturated rings. The molecule has 0 aromatic carbocycles. The van der Waals surface area contributed by atoms with E-state index in [4.69, 9.17) is 0 Å². The van der Waals surface area contributed by atoms with Crippen LogP contribution in [-0.4, -0.2) is 28.1 Å². The fraction of sp³-hybridized carbons (Fsp3) is 0.667. The van der Waals surface area contributed by atoms with Gasteiger partial charge in [-0.25, -0.2) is 9.97 Å². The molecule has 2 atom stereocenters. The summed E-state index contributed by atoms with van der Waals surface area (Å²) in [5, 5.41) is 7.10. The summed E-state index contributed by atoms with van der Waals surface area (Å²) < 4.78 is 0. The Bertz CT molecular complexity index is 367. The first-order chi connectivity index (χ1) is 7.79. The molecule has 2 unspecified atom stereocenters. The van der Waals surface area contributed by atoms with Crippen molar-refractivity contribution in [3.63, 3.8) is 0 Å². The summed E-state index contributed by atoms with van der Waals surface area (Å²) >= 11 is 0. The highest BCUT2D eigenvalue weighted by molar-refractivity contribution is 5.27. The fourth-order valence-corrected chi connectivity index (χ4v) is 2.88. The third kappa shape index (κ3) is 2.02. The standard InChI is InChI=1S/C12H18N4/c1-8-4-5-13-12(14-8)16-11-6-9-2-3-10(7-11)15-9/h4-5,9-11,15H,2-3,6-7H2,1H3,(H,13,14,16). The SMILES string of the molecule is Cc1ccnc(NC2CC3CCC(C2)N3)n1. The predicted molar refractivity (Wildman–Crippen MR) is 63.4 cm³/mol. The van der Waals surface area contributed by atoms with Crippen molar-refractivity contribution in [2.45, 2.75) is 50.7 Å². The van der Waals surface area contributed by atoms with E-state index in [1.807, 2.05) is 19.2 Å². The van der Waals surface area contributed by atoms with E-state index in [1.165, 1.54) is 25.7 Å². The molecule has 1 aromatic rings. The number of hydrogen-bond donors (Lipinski definition) is 2. The van der Waals surface area contributed by atoms with Crippen LogP contribution in [0.5, 0.6) is 0 Å². The first-order valence-electron chi connectivity index (χ1n) is 6.12. The minimum Gasteiger partial charge on any atom is -0.351 e. The number of nitrogens with zero attached hydrogens (tertiary/aromatic N) is 2. The fourth-order valence-electron chi connectivity index (χ4n) is 2.88. The molecule has 16 heavy (non-hydrogen) atoms. The van der Waals surface area contributed by atoms with Crippen LogP contribution >= 0.6 is 0 Å². The van der Waals surface area contributed by atoms with Gasteiger partial charge < -0.3 is 10.6 Å². The number of piperidine rings is 1. The quantitative estimate of drug-likeness (QED) is 0.789. The molecule has 2 aliphatic heterocycles. The lowest BCUT2D eigenvalue weighted by molar-refractivity contribution is 0.377. The summed E-state index contributed by atoms with van der Waals surface area (Å²) in [5.41, 5.74) is 1.02. The van der Waals surface area contributed by atoms with Gasteiger partial charge in [0.05, 0.1) is 0 Å². The number of fused-ring (bicyclic) bond motifs is 2. The predicted octanol–water partition coefficient (Wildman–Crippen LogP) is 1.48. The second-order valence-corrected chi connectivity index (χ2v) is 4.97. The summed E-state index contributed by atoms with van der Waals surface area (Å²) in [6, 6.07) is 3.89. The maximum Gasteiger partial charge on any atom is 0.223 e. The Morgan fingerprint density at radius 1 is 1.31 bits per heavy atom. The normalized spacial score (nSPS) is 32.7. The highest BCUT2D eigenvalue weighted by Crippen LogP contribution is 2.28. The highest BCUT2D eigenvalue weighted by atomic mass is 15.1. The van der Waals surface area contributed by atoms with E-state index < -0.39 is 0 Å². The highest BCUT2D eigenvalue weighted by Gasteiger charge is 2.33. The number of rotatable bonds is 2. The molecule has 4 nitrogen and oxygen atoms in total. The van der Waals surface area contributed by atoms with Gasteiger partial charge in [-0.3, -0.25) is 0 Å². The van der Waals surface area contributed by atoms with Gasteiger partial charge in [-0.15, -0.1) is 0 Å². The van der Waals surface area contributed by atoms with Crippen LogP contribution in [0, 0.1) is 6.92 Å². The molecule has 2 N–H and O–H groups in total. The minimum absolute atomic E-state index is 0.542. The molecule has 4 heteroatoms. The van der Waals surface area contributed by atoms with Crippen molar-refractivity contribution in [1.29, 1.82) is 0 Å². The summed E-state index contributed by atoms with van der Waals surface area (Å²) in [6.07, 6.45) is 6.89. The van der Waals surface area contributed by atoms with Crippen molar-refractivity contribution in [1.82, 2.24) is 15.3 Å². The van der Waals surface area contributed by atoms with Gasteiger partial charge in [-0.1, -0.05) is 0 Å². The molecule has 0 amide bonds. The first kappa shape index (κ1) is 10.0. The summed E-state index contributed by atoms with van der Waals surface area (Å²) in [6.45, 7) is 2.00. The third-order valence-electron chi connectivity index (χ3n) is 3.60. The minimum atomic E-state index is 0.542. The van der Waals surface area contributed by atoms with Crippen LogP contribution in [-0.2, 0) is 0 Å². The molecule has 2 aliphatic rings. The molecular formula is C12H18N4. The molecule has 3 heterocycles. The monoisotopic (exact) mass is 218 g/mol. The average Bonchev–Trinajstić information content (AvgIpc) is 2.58. The smallest absolute Gasteiger partial charge is 0.223 e. The van der Waals surface area contributed by atoms with Gasteiger partial charge in [0.15, 0.2) is 0 Å². The number of aryl methyl sites for hydroxylation is 1. The topological polar surface area (TPSA) is 49.8 Å². The van der Waals surface area contributed by atoms with E-state index in [2.05, 4.69) is 20.6 Å². The number of anilines is 1. The van der Waals surface area contributed by atoms with E-state index in [0.29, 0.717) is 18.1 Å². The molecule has 0 radical (unpaired) electrons. The van der Waals surface area contributed by atoms with Gasteiger partial charge in [0, 0.05) is 30.0 Å². The van der Waals surface area contributed by atoms with Crippen LogP contribution in [0.3, 0.4) is 0 Å². The van der Waals surface area contributed by atoms with Crippen LogP contribution < -0.4 is 10.6 Å². The number of nitrogens with one attached hydrogen (secondary N) is 2. The van der Waals surface area contributed by atoms with Crippen LogP contribution in [0.15, 0.2) is 12.3 Å². The van der Waals surface area contributed by atoms with Gasteiger partial charge >= 0.3 is 0 Å². The summed E-state index contributed by atoms with van der Waals surface area (Å²) in [4.78, 5) is 8.66. The van der Waals surface area contributed by atoms with Crippen molar-refractivity contribution in [3.8, 4) is 0 Å². The van der Waals surface area contributed by atoms with Crippen molar-refractivity contribution in [2.75, 3.05) is 5.32 Å². The lowest BCUT2D eigenvalue weighted by Gasteiger charge is -2.29. The molecule has 0 spiro atoms. The molecule has 2 saturated heterocycles. The van der Waals surface area contributed by atoms with Gasteiger partial charge in [0.2, 0.25) is 5.95 Å². The molecule has 0 aliphatic carbocycles. The van der Waals surface area contributed by atoms with Crippen molar-refractivity contribution >= 4 is 5.95 Å². The molecule has 0 saturated carbocycles. The van der Waals surface area contributed by atoms with Crippen LogP contribution in [0.25, 0.3) is 0 Å². The van der Waals surface area contributed by atoms with E-state index in [1.54, 1.807) is 0 Å². The zero-order valence-corrected chi connectivity index (χ0v) is 9.61. The van der Waals surface area contributed by atoms with E-state index in [9.17, 15) is 0 Å². The summed E-state index contributed by atoms with van der Waals surface area (Å²) in [5.74, 6) is 0.784. The Morgan fingerprint density at radius 2 is 2.06 bits per heavy atom. The van der Waals surface area contributed by atoms with Crippen molar-refractivity contribution < 1.29 is 0 Å². The maximum atomic E-state index is 4.40. The zero-order chi connectivity index (χ0) is 11.0. The van der Waals surface area contributed by atoms with E-state index >= 15 is 0 Å². The van der Waals surface area contributed by atoms with Crippen LogP contribution in [0.1, 0.15) is 31.4 Å². The van der Waals surface area contributed by atoms with Gasteiger partial charge in [0.1, 0.15) is 0 Å². The largest absolute Gasteiger partial charge is 0.351 e. The van der Waals surface area contributed by atoms with Gasteiger partial charge in [0.25, 0.3) is 0 Å². The number of aromatic nitrogens is 2. The van der Waals surface area contributed by atoms with E-state index in [0.717, 1.165) is 11.6 Å². The van der Waals surface area contributed by atoms with Crippen molar-refractivity contribution in [2.24, 2.45) is 0 Å². The Morgan fingerprint density at radius 3 is 2.75 bits per heavy atom. The molecule has 1 aromatic heterocycles.